The normalized spacial score (nSPS) is 23.8. The van der Waals surface area contributed by atoms with Crippen LogP contribution in [0, 0.1) is 0 Å². The van der Waals surface area contributed by atoms with E-state index in [-0.39, 0.29) is 11.5 Å². The predicted molar refractivity (Wildman–Crippen MR) is 63.7 cm³/mol. The lowest BCUT2D eigenvalue weighted by atomic mass is 9.88. The molecule has 0 aromatic carbocycles. The van der Waals surface area contributed by atoms with Crippen LogP contribution in [0.2, 0.25) is 0 Å². The molecule has 1 aromatic rings. The Hall–Kier alpha value is -0.940. The van der Waals surface area contributed by atoms with E-state index >= 15 is 0 Å². The van der Waals surface area contributed by atoms with Crippen LogP contribution < -0.4 is 5.73 Å². The molecule has 5 heteroatoms. The summed E-state index contributed by atoms with van der Waals surface area (Å²) in [7, 11) is 0. The summed E-state index contributed by atoms with van der Waals surface area (Å²) in [5.41, 5.74) is 5.56. The molecule has 0 spiro atoms. The number of hydrogen-bond acceptors (Lipinski definition) is 5. The second-order valence-electron chi connectivity index (χ2n) is 4.97. The van der Waals surface area contributed by atoms with E-state index in [1.165, 1.54) is 0 Å². The zero-order valence-electron chi connectivity index (χ0n) is 10.6. The van der Waals surface area contributed by atoms with Gasteiger partial charge in [0, 0.05) is 19.6 Å². The van der Waals surface area contributed by atoms with Gasteiger partial charge in [-0.15, -0.1) is 0 Å². The van der Waals surface area contributed by atoms with Gasteiger partial charge in [0.05, 0.1) is 11.5 Å². The van der Waals surface area contributed by atoms with Crippen molar-refractivity contribution in [2.24, 2.45) is 5.73 Å². The van der Waals surface area contributed by atoms with E-state index in [0.717, 1.165) is 38.1 Å². The predicted octanol–water partition coefficient (Wildman–Crippen LogP) is 1.42. The van der Waals surface area contributed by atoms with Crippen LogP contribution in [0.1, 0.15) is 44.8 Å². The lowest BCUT2D eigenvalue weighted by Gasteiger charge is -2.20. The largest absolute Gasteiger partial charge is 0.378 e. The molecular weight excluding hydrogens is 218 g/mol. The van der Waals surface area contributed by atoms with Crippen molar-refractivity contribution in [3.63, 3.8) is 0 Å². The quantitative estimate of drug-likeness (QED) is 0.841. The fourth-order valence-electron chi connectivity index (χ4n) is 1.97. The Bertz CT molecular complexity index is 354. The molecule has 0 amide bonds. The number of nitrogens with two attached hydrogens (primary N) is 1. The number of ether oxygens (including phenoxy) is 1. The van der Waals surface area contributed by atoms with Crippen LogP contribution in [0.5, 0.6) is 0 Å². The first kappa shape index (κ1) is 12.5. The average molecular weight is 239 g/mol. The molecule has 17 heavy (non-hydrogen) atoms. The minimum absolute atomic E-state index is 0.207. The summed E-state index contributed by atoms with van der Waals surface area (Å²) in [4.78, 5) is 4.45. The highest BCUT2D eigenvalue weighted by Crippen LogP contribution is 2.25. The monoisotopic (exact) mass is 239 g/mol. The van der Waals surface area contributed by atoms with Crippen LogP contribution in [-0.4, -0.2) is 29.4 Å². The Morgan fingerprint density at radius 1 is 1.53 bits per heavy atom. The topological polar surface area (TPSA) is 74.2 Å². The van der Waals surface area contributed by atoms with Crippen LogP contribution in [0.15, 0.2) is 4.52 Å². The molecule has 0 saturated carbocycles. The first-order valence-electron chi connectivity index (χ1n) is 6.32. The van der Waals surface area contributed by atoms with Gasteiger partial charge in [0.2, 0.25) is 5.89 Å². The maximum absolute atomic E-state index is 5.77. The molecule has 0 radical (unpaired) electrons. The van der Waals surface area contributed by atoms with Gasteiger partial charge in [0.1, 0.15) is 0 Å². The maximum Gasteiger partial charge on any atom is 0.233 e. The molecule has 1 aromatic heterocycles. The van der Waals surface area contributed by atoms with Crippen LogP contribution in [0.25, 0.3) is 0 Å². The molecule has 1 aliphatic rings. The maximum atomic E-state index is 5.77. The standard InChI is InChI=1S/C12H21N3O2/c1-3-12(2,8-13)11-14-10(15-17-11)7-9-5-4-6-16-9/h9H,3-8,13H2,1-2H3. The van der Waals surface area contributed by atoms with E-state index in [9.17, 15) is 0 Å². The Kier molecular flexibility index (Phi) is 3.79. The summed E-state index contributed by atoms with van der Waals surface area (Å²) in [6.07, 6.45) is 4.11. The van der Waals surface area contributed by atoms with Gasteiger partial charge in [-0.25, -0.2) is 0 Å². The summed E-state index contributed by atoms with van der Waals surface area (Å²) in [6, 6.07) is 0. The molecule has 2 rings (SSSR count). The highest BCUT2D eigenvalue weighted by molar-refractivity contribution is 5.04. The number of rotatable bonds is 5. The van der Waals surface area contributed by atoms with E-state index in [1.807, 2.05) is 0 Å². The van der Waals surface area contributed by atoms with Gasteiger partial charge in [-0.1, -0.05) is 12.1 Å². The van der Waals surface area contributed by atoms with Crippen LogP contribution >= 0.6 is 0 Å². The summed E-state index contributed by atoms with van der Waals surface area (Å²) in [5.74, 6) is 1.38. The van der Waals surface area contributed by atoms with Crippen molar-refractivity contribution >= 4 is 0 Å². The van der Waals surface area contributed by atoms with Gasteiger partial charge in [0.15, 0.2) is 5.82 Å². The molecule has 0 bridgehead atoms. The van der Waals surface area contributed by atoms with E-state index in [0.29, 0.717) is 12.4 Å². The highest BCUT2D eigenvalue weighted by Gasteiger charge is 2.30. The van der Waals surface area contributed by atoms with E-state index in [1.54, 1.807) is 0 Å². The number of nitrogens with zero attached hydrogens (tertiary/aromatic N) is 2. The van der Waals surface area contributed by atoms with Gasteiger partial charge in [0.25, 0.3) is 0 Å². The summed E-state index contributed by atoms with van der Waals surface area (Å²) >= 11 is 0. The van der Waals surface area contributed by atoms with Crippen molar-refractivity contribution in [1.29, 1.82) is 0 Å². The van der Waals surface area contributed by atoms with Crippen molar-refractivity contribution in [1.82, 2.24) is 10.1 Å². The molecule has 0 aliphatic carbocycles. The Morgan fingerprint density at radius 3 is 2.94 bits per heavy atom. The SMILES string of the molecule is CCC(C)(CN)c1nc(CC2CCCO2)no1. The Morgan fingerprint density at radius 2 is 2.35 bits per heavy atom. The average Bonchev–Trinajstić information content (AvgIpc) is 3.00. The fraction of sp³-hybridized carbons (Fsp3) is 0.833. The molecule has 1 saturated heterocycles. The first-order chi connectivity index (χ1) is 8.18. The van der Waals surface area contributed by atoms with Gasteiger partial charge in [-0.05, 0) is 26.2 Å². The molecule has 2 atom stereocenters. The molecule has 2 N–H and O–H groups in total. The smallest absolute Gasteiger partial charge is 0.233 e. The Labute approximate surface area is 102 Å². The second kappa shape index (κ2) is 5.14. The van der Waals surface area contributed by atoms with Crippen molar-refractivity contribution in [3.8, 4) is 0 Å². The highest BCUT2D eigenvalue weighted by atomic mass is 16.5. The first-order valence-corrected chi connectivity index (χ1v) is 6.32. The zero-order chi connectivity index (χ0) is 12.3. The van der Waals surface area contributed by atoms with Gasteiger partial charge in [-0.2, -0.15) is 4.98 Å². The van der Waals surface area contributed by atoms with Crippen molar-refractivity contribution in [2.45, 2.75) is 51.0 Å². The molecule has 1 fully saturated rings. The summed E-state index contributed by atoms with van der Waals surface area (Å²) < 4.78 is 10.9. The molecule has 2 unspecified atom stereocenters. The fourth-order valence-corrected chi connectivity index (χ4v) is 1.97. The third kappa shape index (κ3) is 2.66. The molecule has 2 heterocycles. The second-order valence-corrected chi connectivity index (χ2v) is 4.97. The Balaban J connectivity index is 2.04. The lowest BCUT2D eigenvalue weighted by molar-refractivity contribution is 0.109. The third-order valence-electron chi connectivity index (χ3n) is 3.65. The van der Waals surface area contributed by atoms with Gasteiger partial charge < -0.3 is 15.0 Å². The van der Waals surface area contributed by atoms with Gasteiger partial charge in [-0.3, -0.25) is 0 Å². The summed E-state index contributed by atoms with van der Waals surface area (Å²) in [5, 5.41) is 4.02. The van der Waals surface area contributed by atoms with Crippen molar-refractivity contribution in [3.05, 3.63) is 11.7 Å². The van der Waals surface area contributed by atoms with E-state index in [2.05, 4.69) is 24.0 Å². The van der Waals surface area contributed by atoms with E-state index < -0.39 is 0 Å². The number of aromatic nitrogens is 2. The lowest BCUT2D eigenvalue weighted by Crippen LogP contribution is -2.31. The van der Waals surface area contributed by atoms with Crippen LogP contribution in [0.4, 0.5) is 0 Å². The summed E-state index contributed by atoms with van der Waals surface area (Å²) in [6.45, 7) is 5.50. The van der Waals surface area contributed by atoms with Gasteiger partial charge >= 0.3 is 0 Å². The van der Waals surface area contributed by atoms with Crippen molar-refractivity contribution < 1.29 is 9.26 Å². The minimum Gasteiger partial charge on any atom is -0.378 e. The molecule has 96 valence electrons. The minimum atomic E-state index is -0.207. The number of hydrogen-bond donors (Lipinski definition) is 1. The van der Waals surface area contributed by atoms with Crippen LogP contribution in [-0.2, 0) is 16.6 Å². The molecule has 5 nitrogen and oxygen atoms in total. The van der Waals surface area contributed by atoms with Crippen molar-refractivity contribution in [2.75, 3.05) is 13.2 Å². The van der Waals surface area contributed by atoms with Crippen LogP contribution in [0.3, 0.4) is 0 Å². The third-order valence-corrected chi connectivity index (χ3v) is 3.65. The van der Waals surface area contributed by atoms with E-state index in [4.69, 9.17) is 15.0 Å². The molecule has 1 aliphatic heterocycles. The zero-order valence-corrected chi connectivity index (χ0v) is 10.6. The molecular formula is C12H21N3O2.